The number of H-pyrrole nitrogens is 1. The number of morpholine rings is 1. The molecule has 2 aliphatic heterocycles. The van der Waals surface area contributed by atoms with Gasteiger partial charge in [0.15, 0.2) is 0 Å². The van der Waals surface area contributed by atoms with Crippen LogP contribution in [-0.2, 0) is 10.2 Å². The first-order valence-corrected chi connectivity index (χ1v) is 12.3. The van der Waals surface area contributed by atoms with Crippen molar-refractivity contribution >= 4 is 29.4 Å². The molecule has 0 saturated carbocycles. The van der Waals surface area contributed by atoms with Crippen LogP contribution >= 0.6 is 0 Å². The van der Waals surface area contributed by atoms with E-state index in [9.17, 15) is 9.50 Å². The van der Waals surface area contributed by atoms with Crippen LogP contribution in [0.3, 0.4) is 0 Å². The molecule has 0 bridgehead atoms. The first-order valence-electron chi connectivity index (χ1n) is 12.3. The van der Waals surface area contributed by atoms with Crippen molar-refractivity contribution in [1.29, 1.82) is 5.41 Å². The Morgan fingerprint density at radius 1 is 1.28 bits per heavy atom. The Labute approximate surface area is 209 Å². The Balaban J connectivity index is 1.54. The molecule has 0 aliphatic carbocycles. The van der Waals surface area contributed by atoms with Crippen LogP contribution in [0, 0.1) is 11.2 Å². The van der Waals surface area contributed by atoms with E-state index in [2.05, 4.69) is 32.2 Å². The van der Waals surface area contributed by atoms with Crippen molar-refractivity contribution in [3.8, 4) is 0 Å². The average molecular weight is 494 g/mol. The standard InChI is InChI=1S/C26H32FN7O2/c1-18-16-36-12-11-34(18)24-14-22(21(15-28)25(31-24)30-23-5-8-29-32-23)26(17-35)6-9-33(10-7-26)20-4-2-3-19(27)13-20/h2-5,8,13-15,18,28,35H,6-7,9-12,16-17H2,1H3,(H2,29,30,31,32)/t18-/m1/s1. The Morgan fingerprint density at radius 3 is 2.78 bits per heavy atom. The maximum atomic E-state index is 13.8. The lowest BCUT2D eigenvalue weighted by Crippen LogP contribution is -2.46. The summed E-state index contributed by atoms with van der Waals surface area (Å²) < 4.78 is 19.5. The van der Waals surface area contributed by atoms with Crippen molar-refractivity contribution in [3.05, 3.63) is 59.5 Å². The molecule has 1 aromatic carbocycles. The highest BCUT2D eigenvalue weighted by atomic mass is 19.1. The van der Waals surface area contributed by atoms with Crippen LogP contribution < -0.4 is 15.1 Å². The number of rotatable bonds is 7. The number of hydrogen-bond acceptors (Lipinski definition) is 8. The quantitative estimate of drug-likeness (QED) is 0.373. The number of nitrogens with zero attached hydrogens (tertiary/aromatic N) is 4. The molecule has 2 aromatic heterocycles. The van der Waals surface area contributed by atoms with Crippen LogP contribution in [0.25, 0.3) is 0 Å². The fourth-order valence-electron chi connectivity index (χ4n) is 5.27. The van der Waals surface area contributed by atoms with Gasteiger partial charge in [-0.2, -0.15) is 5.10 Å². The summed E-state index contributed by atoms with van der Waals surface area (Å²) in [4.78, 5) is 9.28. The first kappa shape index (κ1) is 24.2. The molecule has 190 valence electrons. The molecule has 9 nitrogen and oxygen atoms in total. The number of hydrogen-bond donors (Lipinski definition) is 4. The van der Waals surface area contributed by atoms with Gasteiger partial charge in [-0.1, -0.05) is 6.07 Å². The fourth-order valence-corrected chi connectivity index (χ4v) is 5.27. The number of nitrogens with one attached hydrogen (secondary N) is 3. The van der Waals surface area contributed by atoms with Gasteiger partial charge in [0.2, 0.25) is 0 Å². The number of pyridine rings is 1. The van der Waals surface area contributed by atoms with Gasteiger partial charge in [-0.15, -0.1) is 0 Å². The van der Waals surface area contributed by atoms with Crippen molar-refractivity contribution in [2.24, 2.45) is 0 Å². The summed E-state index contributed by atoms with van der Waals surface area (Å²) in [5, 5.41) is 29.3. The lowest BCUT2D eigenvalue weighted by Gasteiger charge is -2.43. The number of piperidine rings is 1. The second kappa shape index (κ2) is 10.2. The summed E-state index contributed by atoms with van der Waals surface area (Å²) in [7, 11) is 0. The van der Waals surface area contributed by atoms with Gasteiger partial charge in [0, 0.05) is 48.6 Å². The molecule has 0 radical (unpaired) electrons. The van der Waals surface area contributed by atoms with E-state index in [1.165, 1.54) is 12.3 Å². The molecule has 0 unspecified atom stereocenters. The normalized spacial score (nSPS) is 19.8. The molecule has 0 spiro atoms. The van der Waals surface area contributed by atoms with Crippen LogP contribution in [0.5, 0.6) is 0 Å². The molecule has 4 heterocycles. The highest BCUT2D eigenvalue weighted by molar-refractivity contribution is 5.89. The minimum atomic E-state index is -0.561. The van der Waals surface area contributed by atoms with Crippen LogP contribution in [-0.4, -0.2) is 72.0 Å². The molecule has 1 atom stereocenters. The third-order valence-corrected chi connectivity index (χ3v) is 7.37. The predicted molar refractivity (Wildman–Crippen MR) is 138 cm³/mol. The minimum Gasteiger partial charge on any atom is -0.395 e. The van der Waals surface area contributed by atoms with E-state index >= 15 is 0 Å². The smallest absolute Gasteiger partial charge is 0.143 e. The van der Waals surface area contributed by atoms with Crippen LogP contribution in [0.4, 0.5) is 27.5 Å². The van der Waals surface area contributed by atoms with E-state index in [0.29, 0.717) is 62.9 Å². The lowest BCUT2D eigenvalue weighted by atomic mass is 9.71. The summed E-state index contributed by atoms with van der Waals surface area (Å²) in [6.07, 6.45) is 4.28. The summed E-state index contributed by atoms with van der Waals surface area (Å²) in [5.41, 5.74) is 1.81. The third-order valence-electron chi connectivity index (χ3n) is 7.37. The van der Waals surface area contributed by atoms with E-state index in [-0.39, 0.29) is 18.5 Å². The Morgan fingerprint density at radius 2 is 2.11 bits per heavy atom. The molecule has 2 fully saturated rings. The zero-order chi connectivity index (χ0) is 25.1. The number of ether oxygens (including phenoxy) is 1. The van der Waals surface area contributed by atoms with Crippen molar-refractivity contribution in [1.82, 2.24) is 15.2 Å². The van der Waals surface area contributed by atoms with Crippen molar-refractivity contribution in [3.63, 3.8) is 0 Å². The number of aliphatic hydroxyl groups excluding tert-OH is 1. The largest absolute Gasteiger partial charge is 0.395 e. The number of aromatic nitrogens is 3. The molecule has 36 heavy (non-hydrogen) atoms. The molecule has 0 amide bonds. The number of benzene rings is 1. The summed E-state index contributed by atoms with van der Waals surface area (Å²) >= 11 is 0. The summed E-state index contributed by atoms with van der Waals surface area (Å²) in [6.45, 7) is 5.31. The number of aromatic amines is 1. The second-order valence-corrected chi connectivity index (χ2v) is 9.55. The maximum Gasteiger partial charge on any atom is 0.143 e. The maximum absolute atomic E-state index is 13.8. The van der Waals surface area contributed by atoms with Gasteiger partial charge < -0.3 is 30.4 Å². The van der Waals surface area contributed by atoms with E-state index < -0.39 is 5.41 Å². The lowest BCUT2D eigenvalue weighted by molar-refractivity contribution is 0.0985. The van der Waals surface area contributed by atoms with Gasteiger partial charge in [0.25, 0.3) is 0 Å². The van der Waals surface area contributed by atoms with Crippen molar-refractivity contribution in [2.45, 2.75) is 31.2 Å². The Bertz CT molecular complexity index is 1200. The molecular formula is C26H32FN7O2. The highest BCUT2D eigenvalue weighted by Gasteiger charge is 2.39. The zero-order valence-electron chi connectivity index (χ0n) is 20.4. The predicted octanol–water partition coefficient (Wildman–Crippen LogP) is 3.44. The molecule has 2 saturated heterocycles. The zero-order valence-corrected chi connectivity index (χ0v) is 20.4. The van der Waals surface area contributed by atoms with E-state index in [0.717, 1.165) is 17.1 Å². The topological polar surface area (TPSA) is 113 Å². The molecule has 4 N–H and O–H groups in total. The SMILES string of the molecule is C[C@@H]1COCCN1c1cc(C2(CO)CCN(c3cccc(F)c3)CC2)c(C=N)c(Nc2ccn[nH]2)n1. The van der Waals surface area contributed by atoms with Gasteiger partial charge >= 0.3 is 0 Å². The minimum absolute atomic E-state index is 0.0591. The van der Waals surface area contributed by atoms with E-state index in [1.54, 1.807) is 24.4 Å². The number of halogens is 1. The van der Waals surface area contributed by atoms with Crippen LogP contribution in [0.1, 0.15) is 30.9 Å². The van der Waals surface area contributed by atoms with Gasteiger partial charge in [0.1, 0.15) is 23.3 Å². The van der Waals surface area contributed by atoms with Gasteiger partial charge in [-0.25, -0.2) is 9.37 Å². The first-order chi connectivity index (χ1) is 17.5. The van der Waals surface area contributed by atoms with Gasteiger partial charge in [-0.05, 0) is 49.6 Å². The Kier molecular flexibility index (Phi) is 6.88. The van der Waals surface area contributed by atoms with Crippen LogP contribution in [0.15, 0.2) is 42.6 Å². The second-order valence-electron chi connectivity index (χ2n) is 9.55. The summed E-state index contributed by atoms with van der Waals surface area (Å²) in [6, 6.07) is 10.6. The molecule has 3 aromatic rings. The molecule has 2 aliphatic rings. The summed E-state index contributed by atoms with van der Waals surface area (Å²) in [5.74, 6) is 1.74. The highest BCUT2D eigenvalue weighted by Crippen LogP contribution is 2.41. The number of aliphatic hydroxyl groups is 1. The van der Waals surface area contributed by atoms with Crippen LogP contribution in [0.2, 0.25) is 0 Å². The molecule has 5 rings (SSSR count). The van der Waals surface area contributed by atoms with Crippen molar-refractivity contribution in [2.75, 3.05) is 54.6 Å². The number of anilines is 4. The molecular weight excluding hydrogens is 461 g/mol. The average Bonchev–Trinajstić information content (AvgIpc) is 3.42. The molecule has 10 heteroatoms. The Hall–Kier alpha value is -3.50. The van der Waals surface area contributed by atoms with Gasteiger partial charge in [-0.3, -0.25) is 5.10 Å². The third kappa shape index (κ3) is 4.66. The van der Waals surface area contributed by atoms with Crippen molar-refractivity contribution < 1.29 is 14.2 Å². The van der Waals surface area contributed by atoms with Gasteiger partial charge in [0.05, 0.1) is 32.1 Å². The monoisotopic (exact) mass is 493 g/mol. The fraction of sp³-hybridized carbons (Fsp3) is 0.423. The van der Waals surface area contributed by atoms with E-state index in [1.807, 2.05) is 12.1 Å². The van der Waals surface area contributed by atoms with E-state index in [4.69, 9.17) is 15.1 Å².